The number of rotatable bonds is 7. The summed E-state index contributed by atoms with van der Waals surface area (Å²) in [7, 11) is 3.45. The smallest absolute Gasteiger partial charge is 0.254 e. The summed E-state index contributed by atoms with van der Waals surface area (Å²) in [6, 6.07) is 1.66. The molecule has 0 aliphatic carbocycles. The number of anilines is 2. The molecular weight excluding hydrogens is 370 g/mol. The van der Waals surface area contributed by atoms with Gasteiger partial charge >= 0.3 is 0 Å². The number of fused-ring (bicyclic) bond motifs is 1. The van der Waals surface area contributed by atoms with Crippen LogP contribution >= 0.6 is 0 Å². The van der Waals surface area contributed by atoms with Crippen molar-refractivity contribution in [1.29, 1.82) is 0 Å². The molecule has 2 rings (SSSR count). The van der Waals surface area contributed by atoms with Crippen LogP contribution in [0.15, 0.2) is 36.3 Å². The van der Waals surface area contributed by atoms with Crippen molar-refractivity contribution >= 4 is 29.5 Å². The number of amides is 1. The van der Waals surface area contributed by atoms with Crippen LogP contribution in [-0.4, -0.2) is 40.9 Å². The monoisotopic (exact) mass is 403 g/mol. The minimum atomic E-state index is -0.630. The number of aldehydes is 1. The number of carbonyl (C=O) groups excluding carboxylic acids is 2. The van der Waals surface area contributed by atoms with Gasteiger partial charge in [0.15, 0.2) is 11.9 Å². The third-order valence-corrected chi connectivity index (χ3v) is 2.93. The molecule has 0 saturated heterocycles. The predicted molar refractivity (Wildman–Crippen MR) is 119 cm³/mol. The van der Waals surface area contributed by atoms with Crippen molar-refractivity contribution in [3.8, 4) is 0 Å². The zero-order valence-electron chi connectivity index (χ0n) is 18.3. The van der Waals surface area contributed by atoms with Gasteiger partial charge in [-0.05, 0) is 24.3 Å². The highest BCUT2D eigenvalue weighted by Gasteiger charge is 2.14. The van der Waals surface area contributed by atoms with Crippen molar-refractivity contribution in [2.45, 2.75) is 34.6 Å². The van der Waals surface area contributed by atoms with Gasteiger partial charge in [0.2, 0.25) is 0 Å². The van der Waals surface area contributed by atoms with E-state index in [1.165, 1.54) is 10.7 Å². The Bertz CT molecular complexity index is 836. The molecule has 0 saturated carbocycles. The zero-order valence-corrected chi connectivity index (χ0v) is 18.3. The van der Waals surface area contributed by atoms with Gasteiger partial charge in [-0.15, -0.1) is 0 Å². The van der Waals surface area contributed by atoms with E-state index in [1.54, 1.807) is 38.5 Å². The summed E-state index contributed by atoms with van der Waals surface area (Å²) in [5, 5.41) is 12.7. The molecule has 160 valence electrons. The van der Waals surface area contributed by atoms with Crippen molar-refractivity contribution in [3.63, 3.8) is 0 Å². The van der Waals surface area contributed by atoms with Gasteiger partial charge in [0.25, 0.3) is 5.91 Å². The van der Waals surface area contributed by atoms with Crippen LogP contribution in [-0.2, 0) is 4.79 Å². The second-order valence-electron chi connectivity index (χ2n) is 6.18. The highest BCUT2D eigenvalue weighted by molar-refractivity contribution is 5.99. The molecule has 0 aliphatic heterocycles. The Labute approximate surface area is 172 Å². The molecule has 0 radical (unpaired) electrons. The van der Waals surface area contributed by atoms with Crippen LogP contribution in [0.2, 0.25) is 0 Å². The second kappa shape index (κ2) is 13.8. The minimum absolute atomic E-state index is 0.192. The van der Waals surface area contributed by atoms with Gasteiger partial charge in [-0.1, -0.05) is 34.6 Å². The van der Waals surface area contributed by atoms with E-state index in [0.717, 1.165) is 5.92 Å². The van der Waals surface area contributed by atoms with Crippen molar-refractivity contribution in [2.24, 2.45) is 11.7 Å². The number of aromatic nitrogens is 3. The second-order valence-corrected chi connectivity index (χ2v) is 6.18. The molecule has 0 bridgehead atoms. The number of nitrogens with zero attached hydrogens (tertiary/aromatic N) is 3. The predicted octanol–water partition coefficient (Wildman–Crippen LogP) is 2.79. The average molecular weight is 404 g/mol. The highest BCUT2D eigenvalue weighted by Crippen LogP contribution is 2.19. The average Bonchev–Trinajstić information content (AvgIpc) is 3.12. The summed E-state index contributed by atoms with van der Waals surface area (Å²) in [6.45, 7) is 10.5. The number of hydrogen-bond donors (Lipinski definition) is 4. The molecule has 2 aromatic heterocycles. The first-order valence-corrected chi connectivity index (χ1v) is 9.46. The SMILES string of the molecule is CC.CC(C)C.CN/C=C\C=C(/C=O)Nc1cc(NC)n2ncc(C(N)=O)c2n1. The Morgan fingerprint density at radius 3 is 2.34 bits per heavy atom. The van der Waals surface area contributed by atoms with Gasteiger partial charge in [0, 0.05) is 20.2 Å². The van der Waals surface area contributed by atoms with Gasteiger partial charge in [-0.25, -0.2) is 4.98 Å². The van der Waals surface area contributed by atoms with E-state index in [2.05, 4.69) is 46.8 Å². The Balaban J connectivity index is 0.00000116. The molecule has 0 aliphatic rings. The molecule has 0 unspecified atom stereocenters. The van der Waals surface area contributed by atoms with Crippen molar-refractivity contribution in [2.75, 3.05) is 24.7 Å². The van der Waals surface area contributed by atoms with E-state index < -0.39 is 5.91 Å². The maximum absolute atomic E-state index is 11.4. The minimum Gasteiger partial charge on any atom is -0.394 e. The fourth-order valence-electron chi connectivity index (χ4n) is 1.89. The normalized spacial score (nSPS) is 10.7. The van der Waals surface area contributed by atoms with Gasteiger partial charge in [-0.2, -0.15) is 9.61 Å². The molecule has 9 heteroatoms. The zero-order chi connectivity index (χ0) is 22.4. The standard InChI is InChI=1S/C14H17N7O2.C4H10.C2H6/c1-16-5-3-4-9(8-22)19-11-6-12(17-2)21-14(20-11)10(7-18-21)13(15)23;1-4(2)3;1-2/h3-8,16-17H,1-2H3,(H2,15,23)(H,19,20);4H,1-3H3;1-2H3/b5-3-,9-4+;;. The van der Waals surface area contributed by atoms with Crippen LogP contribution in [0.4, 0.5) is 11.6 Å². The number of carbonyl (C=O) groups is 2. The van der Waals surface area contributed by atoms with Crippen LogP contribution in [0.5, 0.6) is 0 Å². The van der Waals surface area contributed by atoms with Crippen LogP contribution in [0.3, 0.4) is 0 Å². The molecule has 1 amide bonds. The Morgan fingerprint density at radius 1 is 1.24 bits per heavy atom. The van der Waals surface area contributed by atoms with Crippen molar-refractivity contribution in [1.82, 2.24) is 19.9 Å². The first-order valence-electron chi connectivity index (χ1n) is 9.46. The molecule has 0 fully saturated rings. The summed E-state index contributed by atoms with van der Waals surface area (Å²) in [4.78, 5) is 26.9. The van der Waals surface area contributed by atoms with E-state index >= 15 is 0 Å². The topological polar surface area (TPSA) is 126 Å². The maximum atomic E-state index is 11.4. The maximum Gasteiger partial charge on any atom is 0.254 e. The summed E-state index contributed by atoms with van der Waals surface area (Å²) in [5.74, 6) is 1.16. The first-order chi connectivity index (χ1) is 13.8. The lowest BCUT2D eigenvalue weighted by Gasteiger charge is -2.09. The van der Waals surface area contributed by atoms with Gasteiger partial charge in [-0.3, -0.25) is 9.59 Å². The molecule has 5 N–H and O–H groups in total. The summed E-state index contributed by atoms with van der Waals surface area (Å²) < 4.78 is 1.45. The summed E-state index contributed by atoms with van der Waals surface area (Å²) in [5.41, 5.74) is 6.10. The number of allylic oxidation sites excluding steroid dienone is 3. The third kappa shape index (κ3) is 8.46. The molecule has 0 atom stereocenters. The Kier molecular flexibility index (Phi) is 12.2. The molecule has 9 nitrogen and oxygen atoms in total. The van der Waals surface area contributed by atoms with E-state index in [-0.39, 0.29) is 5.56 Å². The largest absolute Gasteiger partial charge is 0.394 e. The molecule has 0 aromatic carbocycles. The number of hydrogen-bond acceptors (Lipinski definition) is 7. The first kappa shape index (κ1) is 25.6. The molecule has 29 heavy (non-hydrogen) atoms. The van der Waals surface area contributed by atoms with Crippen molar-refractivity contribution in [3.05, 3.63) is 41.9 Å². The fraction of sp³-hybridized carbons (Fsp3) is 0.400. The van der Waals surface area contributed by atoms with Crippen LogP contribution in [0, 0.1) is 5.92 Å². The van der Waals surface area contributed by atoms with Crippen LogP contribution < -0.4 is 21.7 Å². The summed E-state index contributed by atoms with van der Waals surface area (Å²) >= 11 is 0. The van der Waals surface area contributed by atoms with Gasteiger partial charge in [0.1, 0.15) is 17.2 Å². The number of primary amides is 1. The van der Waals surface area contributed by atoms with E-state index in [1.807, 2.05) is 13.8 Å². The Morgan fingerprint density at radius 2 is 1.86 bits per heavy atom. The number of nitrogens with two attached hydrogens (primary N) is 1. The number of nitrogens with one attached hydrogen (secondary N) is 3. The lowest BCUT2D eigenvalue weighted by Crippen LogP contribution is -2.12. The highest BCUT2D eigenvalue weighted by atomic mass is 16.1. The van der Waals surface area contributed by atoms with E-state index in [0.29, 0.717) is 29.3 Å². The van der Waals surface area contributed by atoms with Crippen molar-refractivity contribution < 1.29 is 9.59 Å². The lowest BCUT2D eigenvalue weighted by atomic mass is 10.3. The van der Waals surface area contributed by atoms with E-state index in [9.17, 15) is 9.59 Å². The molecule has 2 aromatic rings. The molecule has 2 heterocycles. The van der Waals surface area contributed by atoms with Crippen LogP contribution in [0.1, 0.15) is 45.0 Å². The van der Waals surface area contributed by atoms with Gasteiger partial charge in [0.05, 0.1) is 11.9 Å². The molecule has 0 spiro atoms. The summed E-state index contributed by atoms with van der Waals surface area (Å²) in [6.07, 6.45) is 6.93. The fourth-order valence-corrected chi connectivity index (χ4v) is 1.89. The molecular formula is C20H33N7O2. The van der Waals surface area contributed by atoms with Crippen LogP contribution in [0.25, 0.3) is 5.65 Å². The lowest BCUT2D eigenvalue weighted by molar-refractivity contribution is -0.104. The van der Waals surface area contributed by atoms with E-state index in [4.69, 9.17) is 5.73 Å². The third-order valence-electron chi connectivity index (χ3n) is 2.93. The Hall–Kier alpha value is -3.36. The van der Waals surface area contributed by atoms with Gasteiger partial charge < -0.3 is 21.7 Å². The quantitative estimate of drug-likeness (QED) is 0.318.